The standard InChI is InChI=1S/C69H101N19O18S/c1-40(2)27-51(81-68(105)53(79-56(91)31-70)30-46-33-72-39-75-46)67(104)80-50(17-26-107-6)65(102)84-69(106)62(41(3)4)83-63(100)42(5)76-66(103)52(29-44-32-73-48-10-8-7-9-47(44)48)82-64(101)49(15-16-54(71)89)78-55(90)28-43-11-13-45(14-12-43)77-57(92)34-74-58(93)35-85-18-20-86(36-59(94)95)22-24-88(38-61(98)99)25-23-87(21-19-85)37-60(96)97/h7-14,32-33,39-42,49-53,62,73H,15-31,34-38,70H2,1-6H3,(H2,71,89)(H,72,75)(H,74,93)(H,76,103)(H,77,92)(H,78,90)(H,79,91)(H,80,104)(H,81,105)(H,82,101)(H,83,100)(H,94,95)(H,96,97)(H,98,99)(H,84,102,106)/t42-,49-,50-,51-,52-,53-,62-/m0/s1. The van der Waals surface area contributed by atoms with Gasteiger partial charge in [0.25, 0.3) is 0 Å². The van der Waals surface area contributed by atoms with Crippen molar-refractivity contribution in [3.05, 3.63) is 84.1 Å². The number of aromatic nitrogens is 3. The number of anilines is 1. The van der Waals surface area contributed by atoms with Crippen LogP contribution in [0, 0.1) is 11.8 Å². The quantitative estimate of drug-likeness (QED) is 0.0202. The number of H-pyrrole nitrogens is 2. The molecule has 586 valence electrons. The van der Waals surface area contributed by atoms with Crippen LogP contribution in [0.4, 0.5) is 5.69 Å². The fraction of sp³-hybridized carbons (Fsp3) is 0.536. The number of hydrogen-bond acceptors (Lipinski definition) is 22. The van der Waals surface area contributed by atoms with Gasteiger partial charge in [-0.3, -0.25) is 96.8 Å². The van der Waals surface area contributed by atoms with Crippen LogP contribution in [0.2, 0.25) is 0 Å². The molecule has 0 unspecified atom stereocenters. The lowest BCUT2D eigenvalue weighted by atomic mass is 10.0. The van der Waals surface area contributed by atoms with E-state index in [9.17, 15) is 87.2 Å². The third-order valence-corrected chi connectivity index (χ3v) is 17.8. The average Bonchev–Trinajstić information content (AvgIpc) is 1.71. The molecule has 7 atom stereocenters. The van der Waals surface area contributed by atoms with Gasteiger partial charge in [-0.15, -0.1) is 0 Å². The van der Waals surface area contributed by atoms with Crippen molar-refractivity contribution in [3.8, 4) is 0 Å². The van der Waals surface area contributed by atoms with Gasteiger partial charge in [0.05, 0.1) is 57.7 Å². The Labute approximate surface area is 622 Å². The molecule has 3 heterocycles. The summed E-state index contributed by atoms with van der Waals surface area (Å²) in [6, 6.07) is 3.67. The number of para-hydroxylation sites is 1. The molecular formula is C69H101N19O18S. The molecule has 37 nitrogen and oxygen atoms in total. The Hall–Kier alpha value is -10.4. The molecule has 0 spiro atoms. The van der Waals surface area contributed by atoms with E-state index in [1.54, 1.807) is 70.2 Å². The number of amides is 12. The zero-order chi connectivity index (χ0) is 78.9. The number of carboxylic acids is 3. The summed E-state index contributed by atoms with van der Waals surface area (Å²) in [5.41, 5.74) is 13.4. The lowest BCUT2D eigenvalue weighted by Gasteiger charge is -2.32. The van der Waals surface area contributed by atoms with Crippen LogP contribution in [0.3, 0.4) is 0 Å². The number of aromatic amines is 2. The van der Waals surface area contributed by atoms with Gasteiger partial charge in [0.1, 0.15) is 42.3 Å². The molecule has 1 aliphatic heterocycles. The maximum atomic E-state index is 14.5. The fourth-order valence-electron chi connectivity index (χ4n) is 11.4. The first-order valence-electron chi connectivity index (χ1n) is 34.9. The molecule has 0 aliphatic carbocycles. The van der Waals surface area contributed by atoms with E-state index in [0.717, 1.165) is 0 Å². The first kappa shape index (κ1) is 87.2. The van der Waals surface area contributed by atoms with Crippen LogP contribution in [-0.4, -0.2) is 285 Å². The maximum absolute atomic E-state index is 14.5. The van der Waals surface area contributed by atoms with Gasteiger partial charge in [-0.05, 0) is 79.4 Å². The molecule has 107 heavy (non-hydrogen) atoms. The number of rotatable bonds is 41. The number of nitrogens with one attached hydrogen (secondary N) is 12. The topological polar surface area (TPSA) is 547 Å². The van der Waals surface area contributed by atoms with E-state index in [0.29, 0.717) is 33.5 Å². The van der Waals surface area contributed by atoms with E-state index in [1.165, 1.54) is 55.5 Å². The van der Waals surface area contributed by atoms with Gasteiger partial charge in [-0.1, -0.05) is 58.0 Å². The SMILES string of the molecule is CSCC[C@H](NC(=O)[C@H](CC(C)C)NC(=O)[C@H](Cc1c[nH]cn1)NC(=O)CN)C(=O)NC(=O)[C@@H](NC(=O)[C@H](C)NC(=O)[C@H](Cc1c[nH]c2ccccc12)NC(=O)[C@H](CCC(N)=O)NC(=O)Cc1ccc(NC(=O)CNC(=O)CN2CCN(CC(=O)O)CCN(CC(=O)O)CCN(CC(=O)O)CC2)cc1)C(C)C. The Morgan fingerprint density at radius 3 is 1.62 bits per heavy atom. The lowest BCUT2D eigenvalue weighted by Crippen LogP contribution is -2.60. The van der Waals surface area contributed by atoms with Crippen LogP contribution in [0.5, 0.6) is 0 Å². The molecule has 4 aromatic rings. The molecule has 1 saturated heterocycles. The normalized spacial score (nSPS) is 15.4. The van der Waals surface area contributed by atoms with Crippen LogP contribution in [0.25, 0.3) is 10.9 Å². The second kappa shape index (κ2) is 44.5. The number of carbonyl (C=O) groups is 15. The second-order valence-electron chi connectivity index (χ2n) is 26.7. The minimum atomic E-state index is -1.46. The largest absolute Gasteiger partial charge is 0.480 e. The van der Waals surface area contributed by atoms with E-state index in [2.05, 4.69) is 68.1 Å². The predicted octanol–water partition coefficient (Wildman–Crippen LogP) is -3.82. The highest BCUT2D eigenvalue weighted by Crippen LogP contribution is 2.20. The van der Waals surface area contributed by atoms with Crippen molar-refractivity contribution in [2.45, 2.75) is 122 Å². The number of fused-ring (bicyclic) bond motifs is 1. The summed E-state index contributed by atoms with van der Waals surface area (Å²) in [5.74, 6) is -13.2. The zero-order valence-electron chi connectivity index (χ0n) is 60.9. The van der Waals surface area contributed by atoms with Gasteiger partial charge in [0.2, 0.25) is 70.9 Å². The number of benzene rings is 2. The van der Waals surface area contributed by atoms with Gasteiger partial charge in [0, 0.05) is 101 Å². The summed E-state index contributed by atoms with van der Waals surface area (Å²) in [6.07, 6.45) is 5.23. The van der Waals surface area contributed by atoms with Gasteiger partial charge in [-0.25, -0.2) is 4.98 Å². The molecule has 0 bridgehead atoms. The molecular weight excluding hydrogens is 1410 g/mol. The van der Waals surface area contributed by atoms with Gasteiger partial charge < -0.3 is 84.6 Å². The summed E-state index contributed by atoms with van der Waals surface area (Å²) in [5, 5.41) is 55.1. The highest BCUT2D eigenvalue weighted by molar-refractivity contribution is 7.98. The number of imidazole rings is 1. The summed E-state index contributed by atoms with van der Waals surface area (Å²) in [6.45, 7) is 7.39. The van der Waals surface area contributed by atoms with Crippen molar-refractivity contribution in [2.75, 3.05) is 109 Å². The van der Waals surface area contributed by atoms with Crippen LogP contribution in [0.1, 0.15) is 77.1 Å². The summed E-state index contributed by atoms with van der Waals surface area (Å²) in [7, 11) is 0. The molecule has 12 amide bonds. The van der Waals surface area contributed by atoms with E-state index >= 15 is 0 Å². The van der Waals surface area contributed by atoms with Crippen molar-refractivity contribution in [1.82, 2.24) is 82.4 Å². The number of imide groups is 1. The van der Waals surface area contributed by atoms with Crippen molar-refractivity contribution < 1.29 is 87.2 Å². The van der Waals surface area contributed by atoms with Crippen molar-refractivity contribution in [3.63, 3.8) is 0 Å². The van der Waals surface area contributed by atoms with Gasteiger partial charge in [0.15, 0.2) is 0 Å². The molecule has 0 radical (unpaired) electrons. The Morgan fingerprint density at radius 2 is 1.07 bits per heavy atom. The monoisotopic (exact) mass is 1520 g/mol. The van der Waals surface area contributed by atoms with Crippen LogP contribution in [0.15, 0.2) is 67.3 Å². The van der Waals surface area contributed by atoms with Crippen molar-refractivity contribution >= 4 is 117 Å². The number of nitrogens with zero attached hydrogens (tertiary/aromatic N) is 5. The van der Waals surface area contributed by atoms with E-state index < -0.39 is 150 Å². The van der Waals surface area contributed by atoms with Crippen LogP contribution >= 0.6 is 11.8 Å². The Morgan fingerprint density at radius 1 is 0.551 bits per heavy atom. The van der Waals surface area contributed by atoms with E-state index in [-0.39, 0.29) is 135 Å². The van der Waals surface area contributed by atoms with Gasteiger partial charge >= 0.3 is 17.9 Å². The maximum Gasteiger partial charge on any atom is 0.317 e. The summed E-state index contributed by atoms with van der Waals surface area (Å²) < 4.78 is 0. The molecule has 2 aromatic carbocycles. The number of hydrogen-bond donors (Lipinski definition) is 17. The number of nitrogens with two attached hydrogens (primary N) is 2. The highest BCUT2D eigenvalue weighted by Gasteiger charge is 2.36. The predicted molar refractivity (Wildman–Crippen MR) is 392 cm³/mol. The molecule has 1 aliphatic rings. The molecule has 1 fully saturated rings. The zero-order valence-corrected chi connectivity index (χ0v) is 61.7. The van der Waals surface area contributed by atoms with Crippen molar-refractivity contribution in [1.29, 1.82) is 0 Å². The van der Waals surface area contributed by atoms with E-state index in [4.69, 9.17) is 11.5 Å². The third-order valence-electron chi connectivity index (χ3n) is 17.1. The Bertz CT molecular complexity index is 3680. The Balaban J connectivity index is 1.22. The first-order chi connectivity index (χ1) is 50.8. The lowest BCUT2D eigenvalue weighted by molar-refractivity contribution is -0.140. The highest BCUT2D eigenvalue weighted by atomic mass is 32.2. The van der Waals surface area contributed by atoms with Crippen LogP contribution in [-0.2, 0) is 91.2 Å². The minimum Gasteiger partial charge on any atom is -0.480 e. The number of carbonyl (C=O) groups excluding carboxylic acids is 12. The van der Waals surface area contributed by atoms with Crippen LogP contribution < -0.4 is 64.6 Å². The molecule has 19 N–H and O–H groups in total. The molecule has 5 rings (SSSR count). The van der Waals surface area contributed by atoms with Gasteiger partial charge in [-0.2, -0.15) is 11.8 Å². The minimum absolute atomic E-state index is 0.0314. The number of primary amides is 1. The molecule has 2 aromatic heterocycles. The average molecular weight is 1520 g/mol. The van der Waals surface area contributed by atoms with E-state index in [1.807, 2.05) is 13.8 Å². The second-order valence-corrected chi connectivity index (χ2v) is 27.7. The smallest absolute Gasteiger partial charge is 0.317 e. The summed E-state index contributed by atoms with van der Waals surface area (Å²) >= 11 is 1.35. The Kier molecular flexibility index (Phi) is 36.3. The number of thioether (sulfide) groups is 1. The number of carboxylic acid groups (broad SMARTS) is 3. The third kappa shape index (κ3) is 31.7. The first-order valence-corrected chi connectivity index (χ1v) is 36.3. The fourth-order valence-corrected chi connectivity index (χ4v) is 11.9. The molecule has 0 saturated carbocycles. The summed E-state index contributed by atoms with van der Waals surface area (Å²) in [4.78, 5) is 215. The number of aliphatic carboxylic acids is 3. The van der Waals surface area contributed by atoms with Crippen molar-refractivity contribution in [2.24, 2.45) is 23.3 Å². The molecule has 38 heteroatoms.